The molecule has 1 fully saturated rings. The van der Waals surface area contributed by atoms with E-state index in [9.17, 15) is 0 Å². The topological polar surface area (TPSA) is 39.8 Å². The van der Waals surface area contributed by atoms with Crippen LogP contribution in [0.5, 0.6) is 0 Å². The van der Waals surface area contributed by atoms with Crippen LogP contribution in [0.1, 0.15) is 32.1 Å². The van der Waals surface area contributed by atoms with Crippen molar-refractivity contribution in [2.75, 3.05) is 11.9 Å². The molecular weight excluding hydrogens is 218 g/mol. The van der Waals surface area contributed by atoms with Crippen LogP contribution in [0.2, 0.25) is 0 Å². The van der Waals surface area contributed by atoms with Crippen molar-refractivity contribution < 1.29 is 0 Å². The fraction of sp³-hybridized carbons (Fsp3) is 0.583. The molecule has 1 aromatic rings. The van der Waals surface area contributed by atoms with Crippen molar-refractivity contribution in [3.63, 3.8) is 0 Å². The molecule has 1 saturated carbocycles. The van der Waals surface area contributed by atoms with E-state index in [1.807, 2.05) is 18.5 Å². The first-order valence-electron chi connectivity index (χ1n) is 6.02. The van der Waals surface area contributed by atoms with Crippen LogP contribution < -0.4 is 10.6 Å². The van der Waals surface area contributed by atoms with Crippen LogP contribution in [-0.4, -0.2) is 16.6 Å². The van der Waals surface area contributed by atoms with Gasteiger partial charge < -0.3 is 15.6 Å². The highest BCUT2D eigenvalue weighted by molar-refractivity contribution is 7.80. The second kappa shape index (κ2) is 5.89. The van der Waals surface area contributed by atoms with Crippen molar-refractivity contribution in [1.29, 1.82) is 0 Å². The molecule has 0 saturated heterocycles. The number of nitrogens with one attached hydrogen (secondary N) is 3. The van der Waals surface area contributed by atoms with E-state index in [0.29, 0.717) is 0 Å². The summed E-state index contributed by atoms with van der Waals surface area (Å²) in [7, 11) is 0. The number of thiocarbonyl (C=S) groups is 1. The quantitative estimate of drug-likeness (QED) is 0.708. The number of hydrogen-bond acceptors (Lipinski definition) is 1. The van der Waals surface area contributed by atoms with Gasteiger partial charge >= 0.3 is 0 Å². The Morgan fingerprint density at radius 2 is 2.19 bits per heavy atom. The minimum atomic E-state index is 0.727. The number of aromatic amines is 1. The molecular formula is C12H19N3S. The zero-order valence-corrected chi connectivity index (χ0v) is 10.3. The van der Waals surface area contributed by atoms with E-state index in [0.717, 1.165) is 23.3 Å². The Morgan fingerprint density at radius 3 is 2.88 bits per heavy atom. The van der Waals surface area contributed by atoms with Gasteiger partial charge in [-0.15, -0.1) is 0 Å². The minimum Gasteiger partial charge on any atom is -0.366 e. The SMILES string of the molecule is S=C(NCC1CCCCC1)Nc1cc[nH]c1. The maximum atomic E-state index is 5.23. The average Bonchev–Trinajstić information content (AvgIpc) is 2.81. The van der Waals surface area contributed by atoms with Gasteiger partial charge in [-0.2, -0.15) is 0 Å². The molecule has 0 atom stereocenters. The van der Waals surface area contributed by atoms with Crippen molar-refractivity contribution in [3.05, 3.63) is 18.5 Å². The molecule has 1 aliphatic carbocycles. The van der Waals surface area contributed by atoms with E-state index in [1.54, 1.807) is 0 Å². The number of aromatic nitrogens is 1. The minimum absolute atomic E-state index is 0.727. The molecule has 0 spiro atoms. The first-order chi connectivity index (χ1) is 7.84. The fourth-order valence-corrected chi connectivity index (χ4v) is 2.41. The molecule has 1 heterocycles. The maximum absolute atomic E-state index is 5.23. The predicted octanol–water partition coefficient (Wildman–Crippen LogP) is 2.88. The monoisotopic (exact) mass is 237 g/mol. The zero-order chi connectivity index (χ0) is 11.2. The van der Waals surface area contributed by atoms with Gasteiger partial charge in [-0.25, -0.2) is 0 Å². The summed E-state index contributed by atoms with van der Waals surface area (Å²) in [5.41, 5.74) is 1.01. The highest BCUT2D eigenvalue weighted by atomic mass is 32.1. The summed E-state index contributed by atoms with van der Waals surface area (Å²) in [6.07, 6.45) is 10.6. The second-order valence-corrected chi connectivity index (χ2v) is 4.85. The van der Waals surface area contributed by atoms with Crippen molar-refractivity contribution in [3.8, 4) is 0 Å². The Hall–Kier alpha value is -1.03. The molecule has 0 amide bonds. The number of hydrogen-bond donors (Lipinski definition) is 3. The predicted molar refractivity (Wildman–Crippen MR) is 71.6 cm³/mol. The third kappa shape index (κ3) is 3.52. The Bertz CT molecular complexity index is 315. The van der Waals surface area contributed by atoms with E-state index in [4.69, 9.17) is 12.2 Å². The van der Waals surface area contributed by atoms with Crippen molar-refractivity contribution in [2.24, 2.45) is 5.92 Å². The molecule has 0 unspecified atom stereocenters. The van der Waals surface area contributed by atoms with Crippen LogP contribution >= 0.6 is 12.2 Å². The highest BCUT2D eigenvalue weighted by Crippen LogP contribution is 2.22. The summed E-state index contributed by atoms with van der Waals surface area (Å²) in [5, 5.41) is 7.17. The first kappa shape index (κ1) is 11.5. The van der Waals surface area contributed by atoms with Gasteiger partial charge in [0.05, 0.1) is 5.69 Å². The lowest BCUT2D eigenvalue weighted by atomic mass is 9.89. The van der Waals surface area contributed by atoms with Crippen LogP contribution in [0.25, 0.3) is 0 Å². The summed E-state index contributed by atoms with van der Waals surface area (Å²) >= 11 is 5.23. The van der Waals surface area contributed by atoms with E-state index in [-0.39, 0.29) is 0 Å². The molecule has 0 radical (unpaired) electrons. The first-order valence-corrected chi connectivity index (χ1v) is 6.43. The van der Waals surface area contributed by atoms with E-state index in [2.05, 4.69) is 15.6 Å². The van der Waals surface area contributed by atoms with Crippen molar-refractivity contribution in [2.45, 2.75) is 32.1 Å². The van der Waals surface area contributed by atoms with E-state index in [1.165, 1.54) is 32.1 Å². The molecule has 4 heteroatoms. The normalized spacial score (nSPS) is 17.0. The third-order valence-corrected chi connectivity index (χ3v) is 3.38. The Balaban J connectivity index is 1.67. The van der Waals surface area contributed by atoms with Gasteiger partial charge in [-0.3, -0.25) is 0 Å². The average molecular weight is 237 g/mol. The standard InChI is InChI=1S/C12H19N3S/c16-12(15-11-6-7-13-9-11)14-8-10-4-2-1-3-5-10/h6-7,9-10,13H,1-5,8H2,(H2,14,15,16). The van der Waals surface area contributed by atoms with Gasteiger partial charge in [0.25, 0.3) is 0 Å². The van der Waals surface area contributed by atoms with E-state index >= 15 is 0 Å². The summed E-state index contributed by atoms with van der Waals surface area (Å²) in [5.74, 6) is 0.805. The fourth-order valence-electron chi connectivity index (χ4n) is 2.21. The summed E-state index contributed by atoms with van der Waals surface area (Å²) in [6.45, 7) is 1.01. The summed E-state index contributed by atoms with van der Waals surface area (Å²) in [6, 6.07) is 1.97. The number of anilines is 1. The molecule has 16 heavy (non-hydrogen) atoms. The Morgan fingerprint density at radius 1 is 1.38 bits per heavy atom. The molecule has 88 valence electrons. The Labute approximate surface area is 102 Å². The molecule has 2 rings (SSSR count). The number of rotatable bonds is 3. The molecule has 0 aliphatic heterocycles. The number of H-pyrrole nitrogens is 1. The smallest absolute Gasteiger partial charge is 0.170 e. The lowest BCUT2D eigenvalue weighted by molar-refractivity contribution is 0.357. The molecule has 0 aromatic carbocycles. The maximum Gasteiger partial charge on any atom is 0.170 e. The van der Waals surface area contributed by atoms with Crippen LogP contribution in [0, 0.1) is 5.92 Å². The van der Waals surface area contributed by atoms with Crippen molar-refractivity contribution >= 4 is 23.0 Å². The zero-order valence-electron chi connectivity index (χ0n) is 9.46. The van der Waals surface area contributed by atoms with Gasteiger partial charge in [0, 0.05) is 18.9 Å². The lowest BCUT2D eigenvalue weighted by Gasteiger charge is -2.22. The van der Waals surface area contributed by atoms with Gasteiger partial charge in [0.2, 0.25) is 0 Å². The van der Waals surface area contributed by atoms with Gasteiger partial charge in [-0.1, -0.05) is 19.3 Å². The van der Waals surface area contributed by atoms with Gasteiger partial charge in [0.1, 0.15) is 0 Å². The molecule has 1 aliphatic rings. The molecule has 1 aromatic heterocycles. The Kier molecular flexibility index (Phi) is 4.22. The van der Waals surface area contributed by atoms with Crippen molar-refractivity contribution in [1.82, 2.24) is 10.3 Å². The lowest BCUT2D eigenvalue weighted by Crippen LogP contribution is -2.33. The molecule has 0 bridgehead atoms. The summed E-state index contributed by atoms with van der Waals surface area (Å²) in [4.78, 5) is 2.99. The largest absolute Gasteiger partial charge is 0.366 e. The van der Waals surface area contributed by atoms with Crippen LogP contribution in [0.15, 0.2) is 18.5 Å². The van der Waals surface area contributed by atoms with Gasteiger partial charge in [0.15, 0.2) is 5.11 Å². The van der Waals surface area contributed by atoms with E-state index < -0.39 is 0 Å². The van der Waals surface area contributed by atoms with Crippen LogP contribution in [0.4, 0.5) is 5.69 Å². The third-order valence-electron chi connectivity index (χ3n) is 3.13. The highest BCUT2D eigenvalue weighted by Gasteiger charge is 2.13. The molecule has 3 nitrogen and oxygen atoms in total. The summed E-state index contributed by atoms with van der Waals surface area (Å²) < 4.78 is 0. The van der Waals surface area contributed by atoms with Gasteiger partial charge in [-0.05, 0) is 37.0 Å². The van der Waals surface area contributed by atoms with Crippen LogP contribution in [-0.2, 0) is 0 Å². The van der Waals surface area contributed by atoms with Crippen LogP contribution in [0.3, 0.4) is 0 Å². The second-order valence-electron chi connectivity index (χ2n) is 4.44. The molecule has 3 N–H and O–H groups in total.